The van der Waals surface area contributed by atoms with Gasteiger partial charge in [-0.3, -0.25) is 0 Å². The Bertz CT molecular complexity index is 373. The smallest absolute Gasteiger partial charge is 0.407 e. The Morgan fingerprint density at radius 3 is 3.00 bits per heavy atom. The van der Waals surface area contributed by atoms with Gasteiger partial charge in [-0.15, -0.1) is 0 Å². The fourth-order valence-corrected chi connectivity index (χ4v) is 1.42. The van der Waals surface area contributed by atoms with Gasteiger partial charge in [0.25, 0.3) is 0 Å². The van der Waals surface area contributed by atoms with Crippen molar-refractivity contribution in [3.05, 3.63) is 34.1 Å². The Kier molecular flexibility index (Phi) is 5.21. The molecule has 1 rings (SSSR count). The summed E-state index contributed by atoms with van der Waals surface area (Å²) >= 11 is 3.23. The molecule has 0 atom stereocenters. The van der Waals surface area contributed by atoms with Crippen LogP contribution in [-0.2, 0) is 11.3 Å². The minimum absolute atomic E-state index is 0.0594. The molecule has 0 saturated heterocycles. The van der Waals surface area contributed by atoms with E-state index in [0.29, 0.717) is 10.0 Å². The second kappa shape index (κ2) is 6.44. The molecule has 1 aromatic carbocycles. The number of hydrogen-bond donors (Lipinski definition) is 2. The molecular formula is C10H11BrFNO3. The summed E-state index contributed by atoms with van der Waals surface area (Å²) in [6, 6.07) is 4.19. The van der Waals surface area contributed by atoms with Gasteiger partial charge in [-0.1, -0.05) is 15.9 Å². The van der Waals surface area contributed by atoms with Crippen LogP contribution >= 0.6 is 15.9 Å². The summed E-state index contributed by atoms with van der Waals surface area (Å²) in [6.07, 6.45) is -0.648. The monoisotopic (exact) mass is 291 g/mol. The van der Waals surface area contributed by atoms with Gasteiger partial charge in [0.1, 0.15) is 12.4 Å². The van der Waals surface area contributed by atoms with E-state index in [9.17, 15) is 9.18 Å². The maximum Gasteiger partial charge on any atom is 0.407 e. The Morgan fingerprint density at radius 1 is 1.56 bits per heavy atom. The number of halogens is 2. The molecule has 16 heavy (non-hydrogen) atoms. The highest BCUT2D eigenvalue weighted by Gasteiger charge is 2.05. The zero-order valence-electron chi connectivity index (χ0n) is 8.37. The first-order valence-corrected chi connectivity index (χ1v) is 5.38. The molecule has 6 heteroatoms. The highest BCUT2D eigenvalue weighted by Crippen LogP contribution is 2.17. The zero-order chi connectivity index (χ0) is 12.0. The van der Waals surface area contributed by atoms with Gasteiger partial charge in [0.2, 0.25) is 0 Å². The molecule has 0 unspecified atom stereocenters. The van der Waals surface area contributed by atoms with Gasteiger partial charge in [0, 0.05) is 11.0 Å². The van der Waals surface area contributed by atoms with Gasteiger partial charge in [-0.05, 0) is 23.8 Å². The third-order valence-electron chi connectivity index (χ3n) is 1.76. The van der Waals surface area contributed by atoms with Crippen LogP contribution in [0.25, 0.3) is 0 Å². The van der Waals surface area contributed by atoms with Crippen molar-refractivity contribution in [1.29, 1.82) is 0 Å². The number of aliphatic hydroxyl groups is 1. The number of hydrogen-bond acceptors (Lipinski definition) is 3. The van der Waals surface area contributed by atoms with E-state index < -0.39 is 6.09 Å². The Morgan fingerprint density at radius 2 is 2.31 bits per heavy atom. The minimum Gasteiger partial charge on any atom is -0.447 e. The van der Waals surface area contributed by atoms with E-state index in [1.807, 2.05) is 0 Å². The fourth-order valence-electron chi connectivity index (χ4n) is 1.04. The van der Waals surface area contributed by atoms with Crippen LogP contribution in [0.5, 0.6) is 0 Å². The maximum absolute atomic E-state index is 12.9. The van der Waals surface area contributed by atoms with Gasteiger partial charge in [0.05, 0.1) is 6.61 Å². The van der Waals surface area contributed by atoms with Crippen LogP contribution < -0.4 is 5.32 Å². The number of nitrogens with one attached hydrogen (secondary N) is 1. The molecule has 0 heterocycles. The zero-order valence-corrected chi connectivity index (χ0v) is 9.96. The van der Waals surface area contributed by atoms with Crippen molar-refractivity contribution in [2.75, 3.05) is 13.2 Å². The number of amides is 1. The second-order valence-corrected chi connectivity index (χ2v) is 3.80. The third kappa shape index (κ3) is 4.16. The maximum atomic E-state index is 12.9. The third-order valence-corrected chi connectivity index (χ3v) is 2.53. The number of aliphatic hydroxyl groups excluding tert-OH is 1. The predicted molar refractivity (Wildman–Crippen MR) is 59.4 cm³/mol. The number of carbonyl (C=O) groups is 1. The Labute approximate surface area is 101 Å². The SMILES string of the molecule is O=C(NCc1cc(F)ccc1Br)OCCO. The first-order chi connectivity index (χ1) is 7.63. The number of rotatable bonds is 4. The molecule has 0 bridgehead atoms. The van der Waals surface area contributed by atoms with Gasteiger partial charge < -0.3 is 15.2 Å². The molecule has 4 nitrogen and oxygen atoms in total. The molecule has 1 aromatic rings. The minimum atomic E-state index is -0.648. The summed E-state index contributed by atoms with van der Waals surface area (Å²) in [6.45, 7) is -0.129. The predicted octanol–water partition coefficient (Wildman–Crippen LogP) is 1.81. The van der Waals surface area contributed by atoms with Gasteiger partial charge in [-0.2, -0.15) is 0 Å². The van der Waals surface area contributed by atoms with Crippen molar-refractivity contribution in [2.24, 2.45) is 0 Å². The van der Waals surface area contributed by atoms with Crippen molar-refractivity contribution in [1.82, 2.24) is 5.32 Å². The number of alkyl carbamates (subject to hydrolysis) is 1. The number of carbonyl (C=O) groups excluding carboxylic acids is 1. The highest BCUT2D eigenvalue weighted by molar-refractivity contribution is 9.10. The van der Waals surface area contributed by atoms with E-state index in [1.165, 1.54) is 12.1 Å². The first-order valence-electron chi connectivity index (χ1n) is 4.59. The van der Waals surface area contributed by atoms with Crippen LogP contribution in [0.3, 0.4) is 0 Å². The molecule has 0 spiro atoms. The van der Waals surface area contributed by atoms with E-state index in [-0.39, 0.29) is 25.6 Å². The van der Waals surface area contributed by atoms with Gasteiger partial charge >= 0.3 is 6.09 Å². The van der Waals surface area contributed by atoms with Gasteiger partial charge in [0.15, 0.2) is 0 Å². The molecule has 0 aromatic heterocycles. The van der Waals surface area contributed by atoms with E-state index in [0.717, 1.165) is 0 Å². The van der Waals surface area contributed by atoms with Crippen molar-refractivity contribution >= 4 is 22.0 Å². The molecule has 2 N–H and O–H groups in total. The van der Waals surface area contributed by atoms with Gasteiger partial charge in [-0.25, -0.2) is 9.18 Å². The lowest BCUT2D eigenvalue weighted by Gasteiger charge is -2.07. The average Bonchev–Trinajstić information content (AvgIpc) is 2.27. The molecule has 0 fully saturated rings. The van der Waals surface area contributed by atoms with Crippen LogP contribution in [0.4, 0.5) is 9.18 Å². The summed E-state index contributed by atoms with van der Waals surface area (Å²) < 4.78 is 18.2. The van der Waals surface area contributed by atoms with Crippen LogP contribution in [-0.4, -0.2) is 24.4 Å². The van der Waals surface area contributed by atoms with Crippen molar-refractivity contribution in [3.63, 3.8) is 0 Å². The molecule has 0 radical (unpaired) electrons. The summed E-state index contributed by atoms with van der Waals surface area (Å²) in [7, 11) is 0. The summed E-state index contributed by atoms with van der Waals surface area (Å²) in [5, 5.41) is 10.9. The van der Waals surface area contributed by atoms with Crippen LogP contribution in [0.2, 0.25) is 0 Å². The van der Waals surface area contributed by atoms with Crippen molar-refractivity contribution < 1.29 is 19.0 Å². The van der Waals surface area contributed by atoms with E-state index >= 15 is 0 Å². The van der Waals surface area contributed by atoms with E-state index in [1.54, 1.807) is 6.07 Å². The van der Waals surface area contributed by atoms with Crippen LogP contribution in [0.15, 0.2) is 22.7 Å². The molecule has 0 aliphatic rings. The molecule has 0 aliphatic heterocycles. The molecule has 0 saturated carbocycles. The van der Waals surface area contributed by atoms with E-state index in [4.69, 9.17) is 5.11 Å². The summed E-state index contributed by atoms with van der Waals surface area (Å²) in [5.74, 6) is -0.372. The van der Waals surface area contributed by atoms with E-state index in [2.05, 4.69) is 26.0 Å². The Balaban J connectivity index is 2.47. The summed E-state index contributed by atoms with van der Waals surface area (Å²) in [5.41, 5.74) is 0.612. The van der Waals surface area contributed by atoms with Crippen LogP contribution in [0.1, 0.15) is 5.56 Å². The molecule has 88 valence electrons. The first kappa shape index (κ1) is 12.9. The Hall–Kier alpha value is -1.14. The normalized spacial score (nSPS) is 9.94. The van der Waals surface area contributed by atoms with Crippen molar-refractivity contribution in [2.45, 2.75) is 6.54 Å². The molecular weight excluding hydrogens is 281 g/mol. The lowest BCUT2D eigenvalue weighted by molar-refractivity contribution is 0.119. The average molecular weight is 292 g/mol. The fraction of sp³-hybridized carbons (Fsp3) is 0.300. The topological polar surface area (TPSA) is 58.6 Å². The lowest BCUT2D eigenvalue weighted by Crippen LogP contribution is -2.25. The lowest BCUT2D eigenvalue weighted by atomic mass is 10.2. The number of ether oxygens (including phenoxy) is 1. The molecule has 0 aliphatic carbocycles. The largest absolute Gasteiger partial charge is 0.447 e. The standard InChI is InChI=1S/C10H11BrFNO3/c11-9-2-1-8(12)5-7(9)6-13-10(15)16-4-3-14/h1-2,5,14H,3-4,6H2,(H,13,15). The number of benzene rings is 1. The summed E-state index contributed by atoms with van der Waals surface area (Å²) in [4.78, 5) is 11.0. The molecule has 1 amide bonds. The highest BCUT2D eigenvalue weighted by atomic mass is 79.9. The quantitative estimate of drug-likeness (QED) is 0.889. The van der Waals surface area contributed by atoms with Crippen LogP contribution in [0, 0.1) is 5.82 Å². The van der Waals surface area contributed by atoms with Crippen molar-refractivity contribution in [3.8, 4) is 0 Å². The second-order valence-electron chi connectivity index (χ2n) is 2.95.